The zero-order valence-electron chi connectivity index (χ0n) is 33.3. The lowest BCUT2D eigenvalue weighted by molar-refractivity contribution is -0.364. The molecule has 7 rings (SSSR count). The monoisotopic (exact) mass is 870 g/mol. The van der Waals surface area contributed by atoms with E-state index in [-0.39, 0.29) is 32.1 Å². The summed E-state index contributed by atoms with van der Waals surface area (Å²) in [6, 6.07) is 0. The topological polar surface area (TPSA) is 376 Å². The standard InChI is InChI=1S/C38H62O22/c1-35-5-3-6-36(2,34(53)60-33-27(23(47)20(44)16(11-41)57-33)58-31-24(48)21(45)18(42)14(9-39)55-31)28(35)26(50)29(51)37-8-13(38(54,12-37)7-4-17(35)37)30(52)59-32-25(49)22(46)19(43)15(10-40)56-32/h13-33,39-52,54H,3-12H2,1-2H3/t13-,14-,15-,16-,17+,18-,19-,20-,21+,22+,23+,24-,25-,26+,27-,28+,29+,30?,31+,32+,33+,35+,36-,37+,38+/m1/s1. The van der Waals surface area contributed by atoms with Crippen LogP contribution in [0.5, 0.6) is 0 Å². The summed E-state index contributed by atoms with van der Waals surface area (Å²) in [6.45, 7) is 1.03. The molecule has 1 spiro atoms. The molecule has 1 unspecified atom stereocenters. The van der Waals surface area contributed by atoms with Gasteiger partial charge in [0.15, 0.2) is 25.0 Å². The van der Waals surface area contributed by atoms with Crippen LogP contribution in [-0.4, -0.2) is 219 Å². The van der Waals surface area contributed by atoms with Crippen molar-refractivity contribution in [1.82, 2.24) is 0 Å². The number of hydrogen-bond acceptors (Lipinski definition) is 22. The molecule has 0 amide bonds. The summed E-state index contributed by atoms with van der Waals surface area (Å²) in [5.41, 5.74) is -5.38. The van der Waals surface area contributed by atoms with Gasteiger partial charge in [0, 0.05) is 17.3 Å². The van der Waals surface area contributed by atoms with Crippen LogP contribution in [0.25, 0.3) is 0 Å². The zero-order valence-corrected chi connectivity index (χ0v) is 33.3. The van der Waals surface area contributed by atoms with Crippen LogP contribution in [0.15, 0.2) is 0 Å². The third-order valence-corrected chi connectivity index (χ3v) is 15.5. The third kappa shape index (κ3) is 7.25. The Morgan fingerprint density at radius 3 is 1.80 bits per heavy atom. The Hall–Kier alpha value is -1.33. The van der Waals surface area contributed by atoms with Gasteiger partial charge in [0.05, 0.1) is 43.0 Å². The summed E-state index contributed by atoms with van der Waals surface area (Å²) in [4.78, 5) is 14.6. The summed E-state index contributed by atoms with van der Waals surface area (Å²) < 4.78 is 33.8. The second kappa shape index (κ2) is 16.9. The fraction of sp³-hybridized carbons (Fsp3) is 0.974. The van der Waals surface area contributed by atoms with Crippen molar-refractivity contribution in [3.63, 3.8) is 0 Å². The van der Waals surface area contributed by atoms with Gasteiger partial charge in [0.1, 0.15) is 67.1 Å². The molecule has 60 heavy (non-hydrogen) atoms. The second-order valence-electron chi connectivity index (χ2n) is 18.7. The Morgan fingerprint density at radius 2 is 1.22 bits per heavy atom. The molecular formula is C38H62O22. The molecule has 25 atom stereocenters. The Balaban J connectivity index is 1.13. The maximum Gasteiger partial charge on any atom is 0.314 e. The molecule has 3 heterocycles. The predicted octanol–water partition coefficient (Wildman–Crippen LogP) is -6.63. The van der Waals surface area contributed by atoms with Crippen LogP contribution in [0.3, 0.4) is 0 Å². The highest BCUT2D eigenvalue weighted by molar-refractivity contribution is 5.77. The van der Waals surface area contributed by atoms with Gasteiger partial charge in [-0.1, -0.05) is 13.3 Å². The first kappa shape index (κ1) is 46.7. The van der Waals surface area contributed by atoms with Gasteiger partial charge in [-0.2, -0.15) is 0 Å². The van der Waals surface area contributed by atoms with Crippen LogP contribution < -0.4 is 0 Å². The molecule has 4 aliphatic carbocycles. The minimum Gasteiger partial charge on any atom is -0.432 e. The first-order valence-corrected chi connectivity index (χ1v) is 20.7. The van der Waals surface area contributed by atoms with Gasteiger partial charge in [0.2, 0.25) is 6.29 Å². The molecule has 0 aromatic heterocycles. The lowest BCUT2D eigenvalue weighted by atomic mass is 9.39. The van der Waals surface area contributed by atoms with E-state index in [9.17, 15) is 81.4 Å². The number of aliphatic hydroxyl groups is 15. The van der Waals surface area contributed by atoms with Gasteiger partial charge in [-0.05, 0) is 56.8 Å². The third-order valence-electron chi connectivity index (χ3n) is 15.5. The number of ether oxygens (including phenoxy) is 6. The van der Waals surface area contributed by atoms with E-state index in [4.69, 9.17) is 28.4 Å². The van der Waals surface area contributed by atoms with E-state index >= 15 is 0 Å². The second-order valence-corrected chi connectivity index (χ2v) is 18.7. The summed E-state index contributed by atoms with van der Waals surface area (Å²) in [5.74, 6) is -3.56. The maximum atomic E-state index is 14.6. The van der Waals surface area contributed by atoms with E-state index in [1.165, 1.54) is 0 Å². The van der Waals surface area contributed by atoms with Gasteiger partial charge < -0.3 is 105 Å². The molecule has 7 fully saturated rings. The van der Waals surface area contributed by atoms with Gasteiger partial charge in [-0.3, -0.25) is 4.79 Å². The van der Waals surface area contributed by atoms with Crippen molar-refractivity contribution in [2.75, 3.05) is 19.8 Å². The molecule has 346 valence electrons. The Kier molecular flexibility index (Phi) is 13.1. The van der Waals surface area contributed by atoms with Crippen molar-refractivity contribution in [2.24, 2.45) is 34.0 Å². The average Bonchev–Trinajstić information content (AvgIpc) is 3.45. The molecule has 7 aliphatic rings. The van der Waals surface area contributed by atoms with E-state index in [0.717, 1.165) is 0 Å². The van der Waals surface area contributed by atoms with Crippen LogP contribution in [0, 0.1) is 34.0 Å². The van der Waals surface area contributed by atoms with Crippen molar-refractivity contribution in [3.8, 4) is 0 Å². The SMILES string of the molecule is C[C@@]12CCC[C@@](C)(C(=O)O[C@@H]3O[C@H](CO)[C@@H](O)[C@H](O)[C@H]3O[C@@H]3O[C@H](CO)[C@@H](O)[C@H](O)[C@H]3O)[C@H]1[C@H](O)[C@H](O)[C@]13C[C@H](C(O)O[C@@H]4O[C@H](CO)[C@@H](O)[C@H](O)[C@H]4O)[C@](O)(CC[C@@H]21)C3. The fourth-order valence-electron chi connectivity index (χ4n) is 12.4. The van der Waals surface area contributed by atoms with E-state index < -0.39 is 176 Å². The minimum absolute atomic E-state index is 0.0793. The largest absolute Gasteiger partial charge is 0.432 e. The highest BCUT2D eigenvalue weighted by atomic mass is 16.8. The minimum atomic E-state index is -1.95. The molecule has 22 nitrogen and oxygen atoms in total. The van der Waals surface area contributed by atoms with Gasteiger partial charge in [-0.25, -0.2) is 0 Å². The van der Waals surface area contributed by atoms with Crippen LogP contribution in [-0.2, 0) is 33.2 Å². The predicted molar refractivity (Wildman–Crippen MR) is 192 cm³/mol. The highest BCUT2D eigenvalue weighted by Gasteiger charge is 2.75. The smallest absolute Gasteiger partial charge is 0.314 e. The summed E-state index contributed by atoms with van der Waals surface area (Å²) in [6.07, 6.45) is -30.1. The number of esters is 1. The number of carbonyl (C=O) groups is 1. The van der Waals surface area contributed by atoms with Crippen molar-refractivity contribution >= 4 is 5.97 Å². The Bertz CT molecular complexity index is 1520. The Morgan fingerprint density at radius 1 is 0.683 bits per heavy atom. The van der Waals surface area contributed by atoms with E-state index in [1.807, 2.05) is 6.92 Å². The first-order valence-electron chi connectivity index (χ1n) is 20.7. The van der Waals surface area contributed by atoms with Crippen molar-refractivity contribution < 1.29 is 110 Å². The van der Waals surface area contributed by atoms with Crippen LogP contribution in [0.2, 0.25) is 0 Å². The van der Waals surface area contributed by atoms with Gasteiger partial charge >= 0.3 is 5.97 Å². The molecule has 3 aliphatic heterocycles. The molecule has 4 saturated carbocycles. The number of aliphatic hydroxyl groups excluding tert-OH is 14. The fourth-order valence-corrected chi connectivity index (χ4v) is 12.4. The molecular weight excluding hydrogens is 808 g/mol. The molecule has 15 N–H and O–H groups in total. The van der Waals surface area contributed by atoms with Crippen molar-refractivity contribution in [1.29, 1.82) is 0 Å². The summed E-state index contributed by atoms with van der Waals surface area (Å²) >= 11 is 0. The lowest BCUT2D eigenvalue weighted by Gasteiger charge is -2.66. The van der Waals surface area contributed by atoms with E-state index in [0.29, 0.717) is 12.8 Å². The number of rotatable bonds is 10. The zero-order chi connectivity index (χ0) is 44.0. The molecule has 22 heteroatoms. The first-order chi connectivity index (χ1) is 28.1. The Labute approximate surface area is 344 Å². The van der Waals surface area contributed by atoms with Crippen molar-refractivity contribution in [3.05, 3.63) is 0 Å². The summed E-state index contributed by atoms with van der Waals surface area (Å²) in [7, 11) is 0. The molecule has 0 aromatic carbocycles. The maximum absolute atomic E-state index is 14.6. The molecule has 0 radical (unpaired) electrons. The van der Waals surface area contributed by atoms with Crippen molar-refractivity contribution in [2.45, 2.75) is 175 Å². The van der Waals surface area contributed by atoms with Gasteiger partial charge in [0.25, 0.3) is 0 Å². The number of carbonyl (C=O) groups excluding carboxylic acids is 1. The molecule has 2 bridgehead atoms. The molecule has 3 saturated heterocycles. The van der Waals surface area contributed by atoms with Gasteiger partial charge in [-0.15, -0.1) is 0 Å². The normalized spacial score (nSPS) is 56.0. The average molecular weight is 871 g/mol. The van der Waals surface area contributed by atoms with E-state index in [2.05, 4.69) is 0 Å². The van der Waals surface area contributed by atoms with Crippen LogP contribution in [0.1, 0.15) is 58.8 Å². The van der Waals surface area contributed by atoms with Crippen LogP contribution in [0.4, 0.5) is 0 Å². The van der Waals surface area contributed by atoms with E-state index in [1.54, 1.807) is 6.92 Å². The number of fused-ring (bicyclic) bond motifs is 3. The quantitative estimate of drug-likeness (QED) is 0.0717. The molecule has 0 aromatic rings. The van der Waals surface area contributed by atoms with Crippen LogP contribution >= 0.6 is 0 Å². The highest BCUT2D eigenvalue weighted by Crippen LogP contribution is 2.73. The summed E-state index contributed by atoms with van der Waals surface area (Å²) in [5, 5.41) is 161. The lowest BCUT2D eigenvalue weighted by Crippen LogP contribution is -2.70. The number of hydrogen-bond donors (Lipinski definition) is 15.